The molecule has 0 heterocycles. The van der Waals surface area contributed by atoms with Crippen molar-refractivity contribution in [3.63, 3.8) is 0 Å². The van der Waals surface area contributed by atoms with Crippen LogP contribution in [0.5, 0.6) is 5.75 Å². The summed E-state index contributed by atoms with van der Waals surface area (Å²) < 4.78 is 5.62. The molecule has 2 aromatic carbocycles. The van der Waals surface area contributed by atoms with Crippen molar-refractivity contribution in [2.24, 2.45) is 0 Å². The van der Waals surface area contributed by atoms with Crippen LogP contribution in [0.1, 0.15) is 38.2 Å². The normalized spacial score (nSPS) is 14.8. The second-order valence-electron chi connectivity index (χ2n) is 7.64. The van der Waals surface area contributed by atoms with Crippen LogP contribution in [0, 0.1) is 0 Å². The van der Waals surface area contributed by atoms with Crippen molar-refractivity contribution in [1.82, 2.24) is 10.2 Å². The largest absolute Gasteiger partial charge is 0.482 e. The summed E-state index contributed by atoms with van der Waals surface area (Å²) in [5, 5.41) is 4.38. The third-order valence-electron chi connectivity index (χ3n) is 5.41. The molecule has 166 valence electrons. The molecule has 0 saturated heterocycles. The van der Waals surface area contributed by atoms with Crippen LogP contribution in [0.15, 0.2) is 42.5 Å². The molecule has 1 aliphatic carbocycles. The Hall–Kier alpha value is -1.95. The van der Waals surface area contributed by atoms with Crippen molar-refractivity contribution in [2.45, 2.75) is 51.2 Å². The van der Waals surface area contributed by atoms with Crippen LogP contribution in [0.4, 0.5) is 0 Å². The zero-order valence-corrected chi connectivity index (χ0v) is 19.5. The summed E-state index contributed by atoms with van der Waals surface area (Å²) in [5.74, 6) is -0.183. The molecule has 1 N–H and O–H groups in total. The van der Waals surface area contributed by atoms with E-state index in [1.807, 2.05) is 18.2 Å². The molecule has 0 aromatic heterocycles. The van der Waals surface area contributed by atoms with Crippen molar-refractivity contribution in [1.29, 1.82) is 0 Å². The SMILES string of the molecule is C[C@@H](C(=O)NC1CCCC1)N(Cc1ccccc1Cl)C(=O)COc1ccc(Cl)cc1Cl. The molecule has 0 bridgehead atoms. The van der Waals surface area contributed by atoms with Gasteiger partial charge in [0.25, 0.3) is 5.91 Å². The number of amides is 2. The van der Waals surface area contributed by atoms with Gasteiger partial charge in [-0.25, -0.2) is 0 Å². The van der Waals surface area contributed by atoms with E-state index in [-0.39, 0.29) is 31.0 Å². The lowest BCUT2D eigenvalue weighted by Gasteiger charge is -2.30. The van der Waals surface area contributed by atoms with E-state index in [2.05, 4.69) is 5.32 Å². The number of halogens is 3. The van der Waals surface area contributed by atoms with Gasteiger partial charge in [0, 0.05) is 22.6 Å². The van der Waals surface area contributed by atoms with Gasteiger partial charge in [-0.3, -0.25) is 9.59 Å². The van der Waals surface area contributed by atoms with Crippen molar-refractivity contribution in [3.05, 3.63) is 63.1 Å². The van der Waals surface area contributed by atoms with Gasteiger partial charge in [0.1, 0.15) is 11.8 Å². The van der Waals surface area contributed by atoms with Gasteiger partial charge in [-0.2, -0.15) is 0 Å². The summed E-state index contributed by atoms with van der Waals surface area (Å²) in [6.07, 6.45) is 4.15. The first kappa shape index (κ1) is 23.7. The summed E-state index contributed by atoms with van der Waals surface area (Å²) >= 11 is 18.3. The molecule has 0 unspecified atom stereocenters. The van der Waals surface area contributed by atoms with Crippen molar-refractivity contribution < 1.29 is 14.3 Å². The second-order valence-corrected chi connectivity index (χ2v) is 8.89. The van der Waals surface area contributed by atoms with Crippen molar-refractivity contribution in [3.8, 4) is 5.75 Å². The van der Waals surface area contributed by atoms with E-state index in [9.17, 15) is 9.59 Å². The Morgan fingerprint density at radius 3 is 2.48 bits per heavy atom. The van der Waals surface area contributed by atoms with E-state index in [0.29, 0.717) is 20.8 Å². The van der Waals surface area contributed by atoms with Gasteiger partial charge in [-0.15, -0.1) is 0 Å². The van der Waals surface area contributed by atoms with Gasteiger partial charge in [0.15, 0.2) is 6.61 Å². The lowest BCUT2D eigenvalue weighted by Crippen LogP contribution is -2.50. The maximum absolute atomic E-state index is 13.1. The van der Waals surface area contributed by atoms with Crippen molar-refractivity contribution in [2.75, 3.05) is 6.61 Å². The molecule has 5 nitrogen and oxygen atoms in total. The van der Waals surface area contributed by atoms with E-state index >= 15 is 0 Å². The average Bonchev–Trinajstić information content (AvgIpc) is 3.25. The van der Waals surface area contributed by atoms with Crippen LogP contribution in [-0.2, 0) is 16.1 Å². The van der Waals surface area contributed by atoms with Crippen LogP contribution in [0.25, 0.3) is 0 Å². The minimum Gasteiger partial charge on any atom is -0.482 e. The first-order valence-electron chi connectivity index (χ1n) is 10.3. The summed E-state index contributed by atoms with van der Waals surface area (Å²) in [7, 11) is 0. The van der Waals surface area contributed by atoms with E-state index in [1.54, 1.807) is 31.2 Å². The number of nitrogens with one attached hydrogen (secondary N) is 1. The highest BCUT2D eigenvalue weighted by atomic mass is 35.5. The molecule has 2 amide bonds. The number of ether oxygens (including phenoxy) is 1. The smallest absolute Gasteiger partial charge is 0.261 e. The summed E-state index contributed by atoms with van der Waals surface area (Å²) in [6, 6.07) is 11.5. The zero-order chi connectivity index (χ0) is 22.4. The Morgan fingerprint density at radius 1 is 1.10 bits per heavy atom. The predicted octanol–water partition coefficient (Wildman–Crippen LogP) is 5.50. The fourth-order valence-corrected chi connectivity index (χ4v) is 4.26. The van der Waals surface area contributed by atoms with E-state index in [4.69, 9.17) is 39.5 Å². The fourth-order valence-electron chi connectivity index (χ4n) is 3.60. The highest BCUT2D eigenvalue weighted by Crippen LogP contribution is 2.28. The molecule has 2 aromatic rings. The highest BCUT2D eigenvalue weighted by molar-refractivity contribution is 6.35. The highest BCUT2D eigenvalue weighted by Gasteiger charge is 2.29. The Labute approximate surface area is 197 Å². The number of hydrogen-bond acceptors (Lipinski definition) is 3. The number of nitrogens with zero attached hydrogens (tertiary/aromatic N) is 1. The molecule has 8 heteroatoms. The minimum absolute atomic E-state index is 0.163. The monoisotopic (exact) mass is 482 g/mol. The first-order chi connectivity index (χ1) is 14.8. The molecule has 1 saturated carbocycles. The molecule has 1 atom stereocenters. The number of rotatable bonds is 8. The summed E-state index contributed by atoms with van der Waals surface area (Å²) in [5.41, 5.74) is 0.752. The van der Waals surface area contributed by atoms with Gasteiger partial charge in [0.2, 0.25) is 5.91 Å². The molecular formula is C23H25Cl3N2O3. The number of carbonyl (C=O) groups is 2. The maximum atomic E-state index is 13.1. The quantitative estimate of drug-likeness (QED) is 0.539. The van der Waals surface area contributed by atoms with Gasteiger partial charge in [0.05, 0.1) is 5.02 Å². The van der Waals surface area contributed by atoms with Crippen LogP contribution in [-0.4, -0.2) is 35.4 Å². The minimum atomic E-state index is -0.686. The molecule has 0 aliphatic heterocycles. The standard InChI is InChI=1S/C23H25Cl3N2O3/c1-15(23(30)27-18-7-3-4-8-18)28(13-16-6-2-5-9-19(16)25)22(29)14-31-21-11-10-17(24)12-20(21)26/h2,5-6,9-12,15,18H,3-4,7-8,13-14H2,1H3,(H,27,30)/t15-/m0/s1. The average molecular weight is 484 g/mol. The first-order valence-corrected chi connectivity index (χ1v) is 11.4. The molecule has 0 radical (unpaired) electrons. The summed E-state index contributed by atoms with van der Waals surface area (Å²) in [4.78, 5) is 27.5. The number of carbonyl (C=O) groups excluding carboxylic acids is 2. The number of hydrogen-bond donors (Lipinski definition) is 1. The Bertz CT molecular complexity index is 932. The lowest BCUT2D eigenvalue weighted by atomic mass is 10.1. The predicted molar refractivity (Wildman–Crippen MR) is 124 cm³/mol. The molecule has 0 spiro atoms. The molecule has 1 aliphatic rings. The lowest BCUT2D eigenvalue weighted by molar-refractivity contribution is -0.142. The summed E-state index contributed by atoms with van der Waals surface area (Å²) in [6.45, 7) is 1.64. The van der Waals surface area contributed by atoms with E-state index in [1.165, 1.54) is 4.90 Å². The Balaban J connectivity index is 1.74. The zero-order valence-electron chi connectivity index (χ0n) is 17.2. The van der Waals surface area contributed by atoms with Crippen LogP contribution in [0.3, 0.4) is 0 Å². The topological polar surface area (TPSA) is 58.6 Å². The van der Waals surface area contributed by atoms with Gasteiger partial charge in [-0.1, -0.05) is 65.8 Å². The Morgan fingerprint density at radius 2 is 1.81 bits per heavy atom. The van der Waals surface area contributed by atoms with Crippen molar-refractivity contribution >= 4 is 46.6 Å². The van der Waals surface area contributed by atoms with Gasteiger partial charge < -0.3 is 15.0 Å². The van der Waals surface area contributed by atoms with E-state index in [0.717, 1.165) is 31.2 Å². The van der Waals surface area contributed by atoms with Gasteiger partial charge >= 0.3 is 0 Å². The number of benzene rings is 2. The maximum Gasteiger partial charge on any atom is 0.261 e. The van der Waals surface area contributed by atoms with E-state index < -0.39 is 6.04 Å². The molecule has 1 fully saturated rings. The third kappa shape index (κ3) is 6.52. The van der Waals surface area contributed by atoms with Gasteiger partial charge in [-0.05, 0) is 49.6 Å². The Kier molecular flexibility index (Phi) is 8.47. The molecule has 31 heavy (non-hydrogen) atoms. The third-order valence-corrected chi connectivity index (χ3v) is 6.31. The molecular weight excluding hydrogens is 459 g/mol. The molecule has 3 rings (SSSR count). The van der Waals surface area contributed by atoms with Crippen LogP contribution < -0.4 is 10.1 Å². The fraction of sp³-hybridized carbons (Fsp3) is 0.391. The second kappa shape index (κ2) is 11.1. The van der Waals surface area contributed by atoms with Crippen LogP contribution >= 0.6 is 34.8 Å². The van der Waals surface area contributed by atoms with Crippen LogP contribution in [0.2, 0.25) is 15.1 Å².